The first-order chi connectivity index (χ1) is 14.8. The van der Waals surface area contributed by atoms with Crippen molar-refractivity contribution in [2.24, 2.45) is 0 Å². The average molecular weight is 478 g/mol. The lowest BCUT2D eigenvalue weighted by Gasteiger charge is -2.13. The van der Waals surface area contributed by atoms with Crippen molar-refractivity contribution >= 4 is 64.0 Å². The molecule has 0 spiro atoms. The standard InChI is InChI=1S/C21H17Cl2N3O4S/c22-14-6-7-15(16(23)11-14)19(28)25-12-18(27)24-8-9-26-20(29)17(31-21(26)30)10-13-4-2-1-3-5-13/h1-7,10-11H,8-9,12H2,(H,24,27)(H,25,28). The minimum Gasteiger partial charge on any atom is -0.353 e. The SMILES string of the molecule is O=C(CNC(=O)c1ccc(Cl)cc1Cl)NCCN1C(=O)SC(=Cc2ccccc2)C1=O. The molecule has 0 radical (unpaired) electrons. The lowest BCUT2D eigenvalue weighted by molar-refractivity contribution is -0.124. The van der Waals surface area contributed by atoms with Gasteiger partial charge in [0.25, 0.3) is 17.1 Å². The molecule has 0 aromatic heterocycles. The summed E-state index contributed by atoms with van der Waals surface area (Å²) in [6.45, 7) is -0.194. The molecule has 1 aliphatic rings. The molecular formula is C21H17Cl2N3O4S. The zero-order valence-electron chi connectivity index (χ0n) is 16.1. The van der Waals surface area contributed by atoms with Gasteiger partial charge in [0.05, 0.1) is 22.0 Å². The predicted octanol–water partition coefficient (Wildman–Crippen LogP) is 3.58. The summed E-state index contributed by atoms with van der Waals surface area (Å²) in [7, 11) is 0. The maximum Gasteiger partial charge on any atom is 0.293 e. The van der Waals surface area contributed by atoms with Crippen LogP contribution in [-0.4, -0.2) is 47.5 Å². The number of thioether (sulfide) groups is 1. The van der Waals surface area contributed by atoms with Crippen molar-refractivity contribution in [2.75, 3.05) is 19.6 Å². The Morgan fingerprint density at radius 1 is 1.03 bits per heavy atom. The number of amides is 4. The fraction of sp³-hybridized carbons (Fsp3) is 0.143. The second-order valence-electron chi connectivity index (χ2n) is 6.40. The summed E-state index contributed by atoms with van der Waals surface area (Å²) in [6.07, 6.45) is 1.65. The summed E-state index contributed by atoms with van der Waals surface area (Å²) in [6, 6.07) is 13.6. The number of hydrogen-bond donors (Lipinski definition) is 2. The Kier molecular flexibility index (Phi) is 7.73. The number of hydrogen-bond acceptors (Lipinski definition) is 5. The number of carbonyl (C=O) groups excluding carboxylic acids is 4. The maximum absolute atomic E-state index is 12.4. The monoisotopic (exact) mass is 477 g/mol. The molecule has 31 heavy (non-hydrogen) atoms. The van der Waals surface area contributed by atoms with Gasteiger partial charge in [-0.05, 0) is 41.6 Å². The second kappa shape index (κ2) is 10.5. The van der Waals surface area contributed by atoms with E-state index in [4.69, 9.17) is 23.2 Å². The van der Waals surface area contributed by atoms with E-state index in [9.17, 15) is 19.2 Å². The summed E-state index contributed by atoms with van der Waals surface area (Å²) < 4.78 is 0. The molecule has 2 aromatic carbocycles. The van der Waals surface area contributed by atoms with Crippen molar-refractivity contribution in [1.82, 2.24) is 15.5 Å². The highest BCUT2D eigenvalue weighted by Crippen LogP contribution is 2.31. The average Bonchev–Trinajstić information content (AvgIpc) is 3.00. The van der Waals surface area contributed by atoms with Gasteiger partial charge in [-0.1, -0.05) is 53.5 Å². The highest BCUT2D eigenvalue weighted by atomic mass is 35.5. The largest absolute Gasteiger partial charge is 0.353 e. The first-order valence-corrected chi connectivity index (χ1v) is 10.7. The van der Waals surface area contributed by atoms with E-state index >= 15 is 0 Å². The third-order valence-corrected chi connectivity index (χ3v) is 5.67. The minimum absolute atomic E-state index is 0.0273. The van der Waals surface area contributed by atoms with E-state index in [0.717, 1.165) is 22.2 Å². The van der Waals surface area contributed by atoms with Crippen LogP contribution in [-0.2, 0) is 9.59 Å². The van der Waals surface area contributed by atoms with Gasteiger partial charge in [-0.15, -0.1) is 0 Å². The first kappa shape index (κ1) is 22.9. The Balaban J connectivity index is 1.46. The maximum atomic E-state index is 12.4. The predicted molar refractivity (Wildman–Crippen MR) is 121 cm³/mol. The van der Waals surface area contributed by atoms with Gasteiger partial charge in [-0.2, -0.15) is 0 Å². The van der Waals surface area contributed by atoms with Crippen LogP contribution in [0.3, 0.4) is 0 Å². The smallest absolute Gasteiger partial charge is 0.293 e. The summed E-state index contributed by atoms with van der Waals surface area (Å²) in [5.74, 6) is -1.39. The Hall–Kier alpha value is -2.81. The third-order valence-electron chi connectivity index (χ3n) is 4.21. The van der Waals surface area contributed by atoms with Crippen molar-refractivity contribution < 1.29 is 19.2 Å². The molecule has 160 valence electrons. The third kappa shape index (κ3) is 6.10. The van der Waals surface area contributed by atoms with Gasteiger partial charge in [0.15, 0.2) is 0 Å². The molecule has 4 amide bonds. The summed E-state index contributed by atoms with van der Waals surface area (Å²) in [5.41, 5.74) is 1.01. The minimum atomic E-state index is -0.520. The van der Waals surface area contributed by atoms with Crippen LogP contribution in [0.25, 0.3) is 6.08 Å². The van der Waals surface area contributed by atoms with Crippen molar-refractivity contribution in [1.29, 1.82) is 0 Å². The highest BCUT2D eigenvalue weighted by Gasteiger charge is 2.34. The summed E-state index contributed by atoms with van der Waals surface area (Å²) in [4.78, 5) is 50.1. The Morgan fingerprint density at radius 2 is 1.77 bits per heavy atom. The molecule has 1 saturated heterocycles. The molecule has 0 bridgehead atoms. The second-order valence-corrected chi connectivity index (χ2v) is 8.24. The first-order valence-electron chi connectivity index (χ1n) is 9.15. The molecule has 2 aromatic rings. The van der Waals surface area contributed by atoms with Gasteiger partial charge in [0.2, 0.25) is 5.91 Å². The van der Waals surface area contributed by atoms with Crippen LogP contribution in [0.1, 0.15) is 15.9 Å². The van der Waals surface area contributed by atoms with Crippen LogP contribution in [0, 0.1) is 0 Å². The molecule has 1 aliphatic heterocycles. The van der Waals surface area contributed by atoms with E-state index in [1.165, 1.54) is 18.2 Å². The van der Waals surface area contributed by atoms with Gasteiger partial charge in [0, 0.05) is 18.1 Å². The number of halogens is 2. The molecular weight excluding hydrogens is 461 g/mol. The molecule has 10 heteroatoms. The van der Waals surface area contributed by atoms with Gasteiger partial charge in [-0.25, -0.2) is 0 Å². The van der Waals surface area contributed by atoms with Gasteiger partial charge in [-0.3, -0.25) is 24.1 Å². The topological polar surface area (TPSA) is 95.6 Å². The number of rotatable bonds is 7. The summed E-state index contributed by atoms with van der Waals surface area (Å²) >= 11 is 12.6. The van der Waals surface area contributed by atoms with Crippen LogP contribution >= 0.6 is 35.0 Å². The quantitative estimate of drug-likeness (QED) is 0.594. The van der Waals surface area contributed by atoms with Gasteiger partial charge in [0.1, 0.15) is 0 Å². The number of benzene rings is 2. The highest BCUT2D eigenvalue weighted by molar-refractivity contribution is 8.18. The van der Waals surface area contributed by atoms with E-state index in [2.05, 4.69) is 10.6 Å². The van der Waals surface area contributed by atoms with E-state index in [0.29, 0.717) is 9.93 Å². The Morgan fingerprint density at radius 3 is 2.48 bits per heavy atom. The fourth-order valence-electron chi connectivity index (χ4n) is 2.69. The number of nitrogens with zero attached hydrogens (tertiary/aromatic N) is 1. The van der Waals surface area contributed by atoms with Crippen LogP contribution in [0.15, 0.2) is 53.4 Å². The lowest BCUT2D eigenvalue weighted by Crippen LogP contribution is -2.41. The molecule has 0 atom stereocenters. The van der Waals surface area contributed by atoms with Gasteiger partial charge < -0.3 is 10.6 Å². The molecule has 7 nitrogen and oxygen atoms in total. The molecule has 0 unspecified atom stereocenters. The van der Waals surface area contributed by atoms with E-state index < -0.39 is 23.0 Å². The fourth-order valence-corrected chi connectivity index (χ4v) is 4.05. The number of carbonyl (C=O) groups is 4. The van der Waals surface area contributed by atoms with Crippen molar-refractivity contribution in [3.05, 3.63) is 74.6 Å². The number of nitrogens with one attached hydrogen (secondary N) is 2. The molecule has 0 aliphatic carbocycles. The zero-order chi connectivity index (χ0) is 22.4. The summed E-state index contributed by atoms with van der Waals surface area (Å²) in [5, 5.41) is 5.19. The molecule has 0 saturated carbocycles. The van der Waals surface area contributed by atoms with Crippen LogP contribution in [0.2, 0.25) is 10.0 Å². The van der Waals surface area contributed by atoms with E-state index in [1.807, 2.05) is 30.3 Å². The Labute approximate surface area is 192 Å². The van der Waals surface area contributed by atoms with Crippen LogP contribution in [0.4, 0.5) is 4.79 Å². The molecule has 1 heterocycles. The van der Waals surface area contributed by atoms with Crippen LogP contribution < -0.4 is 10.6 Å². The van der Waals surface area contributed by atoms with E-state index in [1.54, 1.807) is 6.08 Å². The van der Waals surface area contributed by atoms with Gasteiger partial charge >= 0.3 is 0 Å². The molecule has 1 fully saturated rings. The van der Waals surface area contributed by atoms with E-state index in [-0.39, 0.29) is 30.2 Å². The van der Waals surface area contributed by atoms with Crippen molar-refractivity contribution in [2.45, 2.75) is 0 Å². The number of imide groups is 1. The Bertz CT molecular complexity index is 1060. The van der Waals surface area contributed by atoms with Crippen LogP contribution in [0.5, 0.6) is 0 Å². The van der Waals surface area contributed by atoms with Crippen molar-refractivity contribution in [3.8, 4) is 0 Å². The van der Waals surface area contributed by atoms with Crippen molar-refractivity contribution in [3.63, 3.8) is 0 Å². The molecule has 3 rings (SSSR count). The molecule has 2 N–H and O–H groups in total. The zero-order valence-corrected chi connectivity index (χ0v) is 18.4. The normalized spacial score (nSPS) is 14.8. The lowest BCUT2D eigenvalue weighted by atomic mass is 10.2.